The lowest BCUT2D eigenvalue weighted by molar-refractivity contribution is -0.0899. The smallest absolute Gasteiger partial charge is 0.274 e. The predicted molar refractivity (Wildman–Crippen MR) is 104 cm³/mol. The van der Waals surface area contributed by atoms with Crippen molar-refractivity contribution in [1.82, 2.24) is 0 Å². The maximum Gasteiger partial charge on any atom is 0.274 e. The van der Waals surface area contributed by atoms with E-state index >= 15 is 0 Å². The van der Waals surface area contributed by atoms with Gasteiger partial charge in [0.2, 0.25) is 0 Å². The summed E-state index contributed by atoms with van der Waals surface area (Å²) in [5.74, 6) is -2.04. The highest BCUT2D eigenvalue weighted by Gasteiger charge is 2.52. The highest BCUT2D eigenvalue weighted by molar-refractivity contribution is 7.86. The molecule has 158 valence electrons. The summed E-state index contributed by atoms with van der Waals surface area (Å²) < 4.78 is 62.6. The molecule has 3 rings (SSSR count). The Balaban J connectivity index is 1.95. The van der Waals surface area contributed by atoms with Crippen molar-refractivity contribution in [1.29, 1.82) is 0 Å². The minimum Gasteiger partial charge on any atom is -0.388 e. The van der Waals surface area contributed by atoms with Crippen molar-refractivity contribution in [2.75, 3.05) is 0 Å². The van der Waals surface area contributed by atoms with Crippen LogP contribution in [0.15, 0.2) is 36.4 Å². The molecular formula is C20H21ClF2O5S. The lowest BCUT2D eigenvalue weighted by Crippen LogP contribution is -2.47. The zero-order valence-electron chi connectivity index (χ0n) is 15.6. The molecule has 5 nitrogen and oxygen atoms in total. The molecule has 3 N–H and O–H groups in total. The zero-order chi connectivity index (χ0) is 21.6. The van der Waals surface area contributed by atoms with Crippen LogP contribution in [0, 0.1) is 18.6 Å². The van der Waals surface area contributed by atoms with Crippen LogP contribution in [-0.4, -0.2) is 28.8 Å². The maximum absolute atomic E-state index is 14.3. The fraction of sp³-hybridized carbons (Fsp3) is 0.400. The molecule has 2 aromatic carbocycles. The highest BCUT2D eigenvalue weighted by atomic mass is 35.5. The summed E-state index contributed by atoms with van der Waals surface area (Å²) in [5, 5.41) is 20.2. The first-order chi connectivity index (χ1) is 13.4. The molecule has 0 radical (unpaired) electrons. The molecule has 0 aliphatic heterocycles. The van der Waals surface area contributed by atoms with E-state index in [-0.39, 0.29) is 36.3 Å². The molecule has 1 atom stereocenters. The van der Waals surface area contributed by atoms with Crippen LogP contribution in [0.25, 0.3) is 0 Å². The van der Waals surface area contributed by atoms with Crippen LogP contribution < -0.4 is 0 Å². The van der Waals surface area contributed by atoms with Gasteiger partial charge in [-0.1, -0.05) is 41.4 Å². The fourth-order valence-corrected chi connectivity index (χ4v) is 5.58. The van der Waals surface area contributed by atoms with Crippen LogP contribution in [0.2, 0.25) is 5.02 Å². The Labute approximate surface area is 172 Å². The van der Waals surface area contributed by atoms with E-state index < -0.39 is 43.8 Å². The molecule has 1 saturated carbocycles. The minimum atomic E-state index is -4.71. The molecule has 2 aromatic rings. The molecule has 0 spiro atoms. The van der Waals surface area contributed by atoms with Gasteiger partial charge in [-0.25, -0.2) is 8.78 Å². The quantitative estimate of drug-likeness (QED) is 0.616. The lowest BCUT2D eigenvalue weighted by Gasteiger charge is -2.44. The highest BCUT2D eigenvalue weighted by Crippen LogP contribution is 2.49. The van der Waals surface area contributed by atoms with Gasteiger partial charge in [0.25, 0.3) is 10.1 Å². The molecule has 1 unspecified atom stereocenters. The van der Waals surface area contributed by atoms with Gasteiger partial charge < -0.3 is 10.2 Å². The number of aryl methyl sites for hydroxylation is 1. The first-order valence-corrected chi connectivity index (χ1v) is 10.9. The summed E-state index contributed by atoms with van der Waals surface area (Å²) in [5.41, 5.74) is -3.38. The summed E-state index contributed by atoms with van der Waals surface area (Å²) in [4.78, 5) is 0. The standard InChI is InChI=1S/C20H21ClF2O5S/c1-12-2-4-13(5-3-12)18(29(26,27)28)20(25)8-6-19(24,7-9-20)17-15(22)10-14(21)11-16(17)23/h2-5,10-11,18,24-25H,6-9H2,1H3,(H,26,27,28). The summed E-state index contributed by atoms with van der Waals surface area (Å²) >= 11 is 5.63. The first-order valence-electron chi connectivity index (χ1n) is 8.98. The van der Waals surface area contributed by atoms with Crippen molar-refractivity contribution in [3.63, 3.8) is 0 Å². The van der Waals surface area contributed by atoms with Crippen molar-refractivity contribution < 1.29 is 32.0 Å². The summed E-state index contributed by atoms with van der Waals surface area (Å²) in [6, 6.07) is 8.04. The maximum atomic E-state index is 14.3. The Kier molecular flexibility index (Phi) is 5.79. The number of halogens is 3. The van der Waals surface area contributed by atoms with Gasteiger partial charge >= 0.3 is 0 Å². The molecule has 1 aliphatic rings. The van der Waals surface area contributed by atoms with Crippen LogP contribution in [0.3, 0.4) is 0 Å². The third kappa shape index (κ3) is 4.32. The molecular weight excluding hydrogens is 426 g/mol. The molecule has 0 bridgehead atoms. The second kappa shape index (κ2) is 7.59. The third-order valence-corrected chi connectivity index (χ3v) is 7.11. The largest absolute Gasteiger partial charge is 0.388 e. The van der Waals surface area contributed by atoms with Crippen LogP contribution in [-0.2, 0) is 15.7 Å². The van der Waals surface area contributed by atoms with Crippen molar-refractivity contribution in [3.8, 4) is 0 Å². The van der Waals surface area contributed by atoms with Gasteiger partial charge in [0.05, 0.1) is 16.8 Å². The number of hydrogen-bond acceptors (Lipinski definition) is 4. The minimum absolute atomic E-state index is 0.162. The Bertz CT molecular complexity index is 993. The van der Waals surface area contributed by atoms with Crippen LogP contribution in [0.5, 0.6) is 0 Å². The lowest BCUT2D eigenvalue weighted by atomic mass is 9.70. The van der Waals surface area contributed by atoms with Crippen LogP contribution >= 0.6 is 11.6 Å². The molecule has 1 fully saturated rings. The Hall–Kier alpha value is -1.58. The van der Waals surface area contributed by atoms with E-state index in [9.17, 15) is 32.0 Å². The molecule has 29 heavy (non-hydrogen) atoms. The van der Waals surface area contributed by atoms with E-state index in [1.54, 1.807) is 19.1 Å². The molecule has 1 aliphatic carbocycles. The fourth-order valence-electron chi connectivity index (χ4n) is 4.10. The van der Waals surface area contributed by atoms with E-state index in [1.807, 2.05) is 0 Å². The van der Waals surface area contributed by atoms with E-state index in [2.05, 4.69) is 0 Å². The molecule has 0 amide bonds. The SMILES string of the molecule is Cc1ccc(C(C2(O)CCC(O)(c3c(F)cc(Cl)cc3F)CC2)S(=O)(=O)O)cc1. The van der Waals surface area contributed by atoms with Gasteiger partial charge in [0, 0.05) is 5.02 Å². The van der Waals surface area contributed by atoms with Gasteiger partial charge in [0.1, 0.15) is 16.9 Å². The van der Waals surface area contributed by atoms with E-state index in [4.69, 9.17) is 11.6 Å². The topological polar surface area (TPSA) is 94.8 Å². The van der Waals surface area contributed by atoms with Crippen LogP contribution in [0.4, 0.5) is 8.78 Å². The Morgan fingerprint density at radius 2 is 1.48 bits per heavy atom. The summed E-state index contributed by atoms with van der Waals surface area (Å²) in [6.07, 6.45) is -1.22. The summed E-state index contributed by atoms with van der Waals surface area (Å²) in [7, 11) is -4.71. The van der Waals surface area contributed by atoms with Crippen molar-refractivity contribution in [2.45, 2.75) is 49.1 Å². The van der Waals surface area contributed by atoms with E-state index in [1.165, 1.54) is 12.1 Å². The zero-order valence-corrected chi connectivity index (χ0v) is 17.1. The number of benzene rings is 2. The van der Waals surface area contributed by atoms with Gasteiger partial charge in [0.15, 0.2) is 0 Å². The van der Waals surface area contributed by atoms with Gasteiger partial charge in [-0.2, -0.15) is 8.42 Å². The second-order valence-electron chi connectivity index (χ2n) is 7.69. The van der Waals surface area contributed by atoms with Gasteiger partial charge in [-0.15, -0.1) is 0 Å². The van der Waals surface area contributed by atoms with E-state index in [0.717, 1.165) is 17.7 Å². The summed E-state index contributed by atoms with van der Waals surface area (Å²) in [6.45, 7) is 1.80. The molecule has 9 heteroatoms. The van der Waals surface area contributed by atoms with Crippen molar-refractivity contribution >= 4 is 21.7 Å². The normalized spacial score (nSPS) is 26.3. The predicted octanol–water partition coefficient (Wildman–Crippen LogP) is 4.05. The average Bonchev–Trinajstić information content (AvgIpc) is 2.58. The van der Waals surface area contributed by atoms with Gasteiger partial charge in [-0.05, 0) is 50.3 Å². The van der Waals surface area contributed by atoms with Gasteiger partial charge in [-0.3, -0.25) is 4.55 Å². The number of aliphatic hydroxyl groups is 2. The van der Waals surface area contributed by atoms with Crippen molar-refractivity contribution in [3.05, 3.63) is 69.7 Å². The molecule has 0 aromatic heterocycles. The first kappa shape index (κ1) is 22.1. The number of rotatable bonds is 4. The second-order valence-corrected chi connectivity index (χ2v) is 9.62. The Morgan fingerprint density at radius 3 is 1.93 bits per heavy atom. The third-order valence-electron chi connectivity index (χ3n) is 5.58. The monoisotopic (exact) mass is 446 g/mol. The van der Waals surface area contributed by atoms with E-state index in [0.29, 0.717) is 0 Å². The molecule has 0 saturated heterocycles. The van der Waals surface area contributed by atoms with Crippen LogP contribution in [0.1, 0.15) is 47.6 Å². The van der Waals surface area contributed by atoms with Crippen molar-refractivity contribution in [2.24, 2.45) is 0 Å². The molecule has 0 heterocycles. The number of hydrogen-bond donors (Lipinski definition) is 3. The Morgan fingerprint density at radius 1 is 1.00 bits per heavy atom. The average molecular weight is 447 g/mol.